The van der Waals surface area contributed by atoms with Crippen molar-refractivity contribution in [3.63, 3.8) is 0 Å². The minimum absolute atomic E-state index is 0.0570. The molecule has 0 aromatic rings. The molecule has 0 saturated carbocycles. The molecule has 0 aromatic carbocycles. The Kier molecular flexibility index (Phi) is 5.15. The standard InChI is InChI=1S/C9H19N3O2/c1-6(2)4-12(5-8(11)13)9(14)7(3)10/h6-7H,4-5,10H2,1-3H3,(H2,11,13). The van der Waals surface area contributed by atoms with E-state index in [1.807, 2.05) is 13.8 Å². The molecule has 0 radical (unpaired) electrons. The molecule has 82 valence electrons. The molecule has 0 aliphatic rings. The molecule has 0 fully saturated rings. The number of carbonyl (C=O) groups excluding carboxylic acids is 2. The van der Waals surface area contributed by atoms with Crippen molar-refractivity contribution in [3.05, 3.63) is 0 Å². The monoisotopic (exact) mass is 201 g/mol. The number of amides is 2. The average molecular weight is 201 g/mol. The molecular formula is C9H19N3O2. The highest BCUT2D eigenvalue weighted by atomic mass is 16.2. The molecule has 2 amide bonds. The van der Waals surface area contributed by atoms with E-state index in [0.29, 0.717) is 6.54 Å². The number of carbonyl (C=O) groups is 2. The van der Waals surface area contributed by atoms with E-state index in [0.717, 1.165) is 0 Å². The molecule has 0 aliphatic carbocycles. The lowest BCUT2D eigenvalue weighted by atomic mass is 10.2. The summed E-state index contributed by atoms with van der Waals surface area (Å²) in [5, 5.41) is 0. The van der Waals surface area contributed by atoms with Crippen LogP contribution < -0.4 is 11.5 Å². The summed E-state index contributed by atoms with van der Waals surface area (Å²) in [7, 11) is 0. The maximum atomic E-state index is 11.5. The van der Waals surface area contributed by atoms with Gasteiger partial charge in [-0.05, 0) is 12.8 Å². The summed E-state index contributed by atoms with van der Waals surface area (Å²) in [6, 6.07) is -0.590. The second-order valence-corrected chi connectivity index (χ2v) is 3.87. The molecule has 1 atom stereocenters. The molecule has 4 N–H and O–H groups in total. The number of hydrogen-bond donors (Lipinski definition) is 2. The Hall–Kier alpha value is -1.10. The largest absolute Gasteiger partial charge is 0.368 e. The van der Waals surface area contributed by atoms with Gasteiger partial charge in [0, 0.05) is 6.54 Å². The summed E-state index contributed by atoms with van der Waals surface area (Å²) in [5.74, 6) is -0.464. The summed E-state index contributed by atoms with van der Waals surface area (Å²) in [6.07, 6.45) is 0. The third-order valence-corrected chi connectivity index (χ3v) is 1.63. The molecule has 14 heavy (non-hydrogen) atoms. The number of primary amides is 1. The van der Waals surface area contributed by atoms with Crippen molar-refractivity contribution < 1.29 is 9.59 Å². The van der Waals surface area contributed by atoms with Gasteiger partial charge in [0.1, 0.15) is 0 Å². The molecule has 0 rings (SSSR count). The van der Waals surface area contributed by atoms with Gasteiger partial charge in [0.05, 0.1) is 12.6 Å². The van der Waals surface area contributed by atoms with Crippen LogP contribution in [-0.4, -0.2) is 35.8 Å². The Balaban J connectivity index is 4.38. The van der Waals surface area contributed by atoms with Crippen LogP contribution in [0.5, 0.6) is 0 Å². The SMILES string of the molecule is CC(C)CN(CC(N)=O)C(=O)C(C)N. The Morgan fingerprint density at radius 2 is 1.79 bits per heavy atom. The highest BCUT2D eigenvalue weighted by Gasteiger charge is 2.19. The molecule has 0 saturated heterocycles. The van der Waals surface area contributed by atoms with Crippen molar-refractivity contribution in [1.82, 2.24) is 4.90 Å². The van der Waals surface area contributed by atoms with Crippen LogP contribution in [0.1, 0.15) is 20.8 Å². The van der Waals surface area contributed by atoms with Crippen molar-refractivity contribution >= 4 is 11.8 Å². The predicted molar refractivity (Wildman–Crippen MR) is 54.3 cm³/mol. The van der Waals surface area contributed by atoms with E-state index in [4.69, 9.17) is 11.5 Å². The Bertz CT molecular complexity index is 214. The zero-order chi connectivity index (χ0) is 11.3. The lowest BCUT2D eigenvalue weighted by Gasteiger charge is -2.24. The fourth-order valence-electron chi connectivity index (χ4n) is 1.15. The van der Waals surface area contributed by atoms with Crippen molar-refractivity contribution in [2.24, 2.45) is 17.4 Å². The maximum Gasteiger partial charge on any atom is 0.239 e. The van der Waals surface area contributed by atoms with Crippen LogP contribution in [0.3, 0.4) is 0 Å². The van der Waals surface area contributed by atoms with Crippen LogP contribution in [0, 0.1) is 5.92 Å². The molecule has 0 aromatic heterocycles. The van der Waals surface area contributed by atoms with Crippen LogP contribution >= 0.6 is 0 Å². The molecule has 0 aliphatic heterocycles. The van der Waals surface area contributed by atoms with E-state index in [2.05, 4.69) is 0 Å². The zero-order valence-corrected chi connectivity index (χ0v) is 8.99. The number of nitrogens with two attached hydrogens (primary N) is 2. The second kappa shape index (κ2) is 5.59. The van der Waals surface area contributed by atoms with E-state index in [-0.39, 0.29) is 18.4 Å². The summed E-state index contributed by atoms with van der Waals surface area (Å²) in [6.45, 7) is 5.96. The van der Waals surface area contributed by atoms with Gasteiger partial charge >= 0.3 is 0 Å². The van der Waals surface area contributed by atoms with Gasteiger partial charge < -0.3 is 16.4 Å². The smallest absolute Gasteiger partial charge is 0.239 e. The normalized spacial score (nSPS) is 12.6. The fraction of sp³-hybridized carbons (Fsp3) is 0.778. The van der Waals surface area contributed by atoms with Crippen LogP contribution in [0.25, 0.3) is 0 Å². The van der Waals surface area contributed by atoms with E-state index in [1.54, 1.807) is 6.92 Å². The third kappa shape index (κ3) is 4.81. The van der Waals surface area contributed by atoms with Gasteiger partial charge in [-0.25, -0.2) is 0 Å². The van der Waals surface area contributed by atoms with Gasteiger partial charge in [-0.2, -0.15) is 0 Å². The summed E-state index contributed by atoms with van der Waals surface area (Å²) < 4.78 is 0. The number of rotatable bonds is 5. The van der Waals surface area contributed by atoms with Crippen molar-refractivity contribution in [1.29, 1.82) is 0 Å². The Labute approximate surface area is 84.4 Å². The fourth-order valence-corrected chi connectivity index (χ4v) is 1.15. The van der Waals surface area contributed by atoms with Crippen LogP contribution in [0.15, 0.2) is 0 Å². The topological polar surface area (TPSA) is 89.4 Å². The summed E-state index contributed by atoms with van der Waals surface area (Å²) in [5.41, 5.74) is 10.5. The minimum Gasteiger partial charge on any atom is -0.368 e. The summed E-state index contributed by atoms with van der Waals surface area (Å²) in [4.78, 5) is 23.6. The molecule has 0 heterocycles. The van der Waals surface area contributed by atoms with Crippen LogP contribution in [0.4, 0.5) is 0 Å². The van der Waals surface area contributed by atoms with Crippen molar-refractivity contribution in [2.45, 2.75) is 26.8 Å². The van der Waals surface area contributed by atoms with Gasteiger partial charge in [0.25, 0.3) is 0 Å². The van der Waals surface area contributed by atoms with E-state index >= 15 is 0 Å². The minimum atomic E-state index is -0.590. The lowest BCUT2D eigenvalue weighted by Crippen LogP contribution is -2.47. The van der Waals surface area contributed by atoms with E-state index < -0.39 is 11.9 Å². The first-order valence-corrected chi connectivity index (χ1v) is 4.67. The van der Waals surface area contributed by atoms with Gasteiger partial charge in [-0.3, -0.25) is 9.59 Å². The van der Waals surface area contributed by atoms with Crippen LogP contribution in [0.2, 0.25) is 0 Å². The Morgan fingerprint density at radius 1 is 1.29 bits per heavy atom. The van der Waals surface area contributed by atoms with Gasteiger partial charge in [-0.15, -0.1) is 0 Å². The predicted octanol–water partition coefficient (Wildman–Crippen LogP) is -0.696. The van der Waals surface area contributed by atoms with E-state index in [9.17, 15) is 9.59 Å². The average Bonchev–Trinajstić information content (AvgIpc) is 1.99. The van der Waals surface area contributed by atoms with Crippen LogP contribution in [-0.2, 0) is 9.59 Å². The molecule has 0 bridgehead atoms. The van der Waals surface area contributed by atoms with Crippen molar-refractivity contribution in [3.8, 4) is 0 Å². The quantitative estimate of drug-likeness (QED) is 0.616. The van der Waals surface area contributed by atoms with Gasteiger partial charge in [0.2, 0.25) is 11.8 Å². The molecule has 0 spiro atoms. The van der Waals surface area contributed by atoms with Gasteiger partial charge in [-0.1, -0.05) is 13.8 Å². The summed E-state index contributed by atoms with van der Waals surface area (Å²) >= 11 is 0. The van der Waals surface area contributed by atoms with E-state index in [1.165, 1.54) is 4.90 Å². The highest BCUT2D eigenvalue weighted by Crippen LogP contribution is 2.00. The van der Waals surface area contributed by atoms with Gasteiger partial charge in [0.15, 0.2) is 0 Å². The first kappa shape index (κ1) is 12.9. The number of nitrogens with zero attached hydrogens (tertiary/aromatic N) is 1. The number of hydrogen-bond acceptors (Lipinski definition) is 3. The highest BCUT2D eigenvalue weighted by molar-refractivity contribution is 5.86. The second-order valence-electron chi connectivity index (χ2n) is 3.87. The molecule has 5 heteroatoms. The van der Waals surface area contributed by atoms with Crippen molar-refractivity contribution in [2.75, 3.05) is 13.1 Å². The molecular weight excluding hydrogens is 182 g/mol. The third-order valence-electron chi connectivity index (χ3n) is 1.63. The molecule has 5 nitrogen and oxygen atoms in total. The lowest BCUT2D eigenvalue weighted by molar-refractivity contribution is -0.136. The first-order valence-electron chi connectivity index (χ1n) is 4.67. The first-order chi connectivity index (χ1) is 6.34. The Morgan fingerprint density at radius 3 is 2.07 bits per heavy atom. The molecule has 1 unspecified atom stereocenters. The maximum absolute atomic E-state index is 11.5. The zero-order valence-electron chi connectivity index (χ0n) is 8.99.